The van der Waals surface area contributed by atoms with Crippen LogP contribution in [0.15, 0.2) is 6.20 Å². The molecule has 1 aromatic rings. The zero-order valence-electron chi connectivity index (χ0n) is 11.1. The first-order valence-electron chi connectivity index (χ1n) is 6.60. The minimum Gasteiger partial charge on any atom is -0.386 e. The lowest BCUT2D eigenvalue weighted by Gasteiger charge is -2.31. The van der Waals surface area contributed by atoms with Gasteiger partial charge in [-0.15, -0.1) is 0 Å². The second-order valence-corrected chi connectivity index (χ2v) is 5.96. The SMILES string of the molecule is CC(C)n1ncc(Cl)c1C(O)C1CCC(F)(F)CC1. The molecule has 2 rings (SSSR count). The van der Waals surface area contributed by atoms with Crippen molar-refractivity contribution in [3.63, 3.8) is 0 Å². The molecule has 0 radical (unpaired) electrons. The van der Waals surface area contributed by atoms with E-state index in [2.05, 4.69) is 5.10 Å². The highest BCUT2D eigenvalue weighted by Crippen LogP contribution is 2.42. The summed E-state index contributed by atoms with van der Waals surface area (Å²) >= 11 is 6.07. The van der Waals surface area contributed by atoms with Crippen LogP contribution in [0.5, 0.6) is 0 Å². The molecular weight excluding hydrogens is 274 g/mol. The van der Waals surface area contributed by atoms with E-state index in [0.29, 0.717) is 23.6 Å². The van der Waals surface area contributed by atoms with Gasteiger partial charge in [-0.2, -0.15) is 5.10 Å². The lowest BCUT2D eigenvalue weighted by atomic mass is 9.82. The molecule has 0 aliphatic heterocycles. The Balaban J connectivity index is 2.16. The number of aliphatic hydroxyl groups is 1. The highest BCUT2D eigenvalue weighted by Gasteiger charge is 2.39. The van der Waals surface area contributed by atoms with E-state index in [1.165, 1.54) is 6.20 Å². The smallest absolute Gasteiger partial charge is 0.248 e. The molecule has 19 heavy (non-hydrogen) atoms. The van der Waals surface area contributed by atoms with Crippen LogP contribution in [-0.4, -0.2) is 20.8 Å². The van der Waals surface area contributed by atoms with Gasteiger partial charge in [-0.3, -0.25) is 4.68 Å². The Bertz CT molecular complexity index is 438. The minimum absolute atomic E-state index is 0.0715. The van der Waals surface area contributed by atoms with Crippen LogP contribution in [0.3, 0.4) is 0 Å². The van der Waals surface area contributed by atoms with Crippen LogP contribution in [0.1, 0.15) is 57.4 Å². The highest BCUT2D eigenvalue weighted by molar-refractivity contribution is 6.31. The molecule has 0 saturated heterocycles. The number of hydrogen-bond donors (Lipinski definition) is 1. The predicted molar refractivity (Wildman–Crippen MR) is 69.5 cm³/mol. The van der Waals surface area contributed by atoms with Crippen LogP contribution in [0.2, 0.25) is 5.02 Å². The first-order valence-corrected chi connectivity index (χ1v) is 6.98. The summed E-state index contributed by atoms with van der Waals surface area (Å²) in [5.74, 6) is -2.76. The molecule has 1 heterocycles. The standard InChI is InChI=1S/C13H19ClF2N2O/c1-8(2)18-11(10(14)7-17-18)12(19)9-3-5-13(15,16)6-4-9/h7-9,12,19H,3-6H2,1-2H3. The van der Waals surface area contributed by atoms with Crippen molar-refractivity contribution in [2.45, 2.75) is 57.6 Å². The minimum atomic E-state index is -2.59. The van der Waals surface area contributed by atoms with Gasteiger partial charge in [0.1, 0.15) is 0 Å². The fourth-order valence-corrected chi connectivity index (χ4v) is 2.88. The Kier molecular flexibility index (Phi) is 4.16. The second-order valence-electron chi connectivity index (χ2n) is 5.55. The van der Waals surface area contributed by atoms with Gasteiger partial charge < -0.3 is 5.11 Å². The van der Waals surface area contributed by atoms with Crippen LogP contribution < -0.4 is 0 Å². The molecule has 0 bridgehead atoms. The van der Waals surface area contributed by atoms with Crippen LogP contribution in [0.4, 0.5) is 8.78 Å². The summed E-state index contributed by atoms with van der Waals surface area (Å²) in [6.45, 7) is 3.88. The van der Waals surface area contributed by atoms with Gasteiger partial charge >= 0.3 is 0 Å². The number of aromatic nitrogens is 2. The van der Waals surface area contributed by atoms with Gasteiger partial charge in [0.25, 0.3) is 0 Å². The number of rotatable bonds is 3. The third-order valence-corrected chi connectivity index (χ3v) is 4.06. The molecule has 1 N–H and O–H groups in total. The summed E-state index contributed by atoms with van der Waals surface area (Å²) in [5.41, 5.74) is 0.548. The van der Waals surface area contributed by atoms with E-state index in [4.69, 9.17) is 11.6 Å². The molecule has 1 unspecified atom stereocenters. The van der Waals surface area contributed by atoms with Gasteiger partial charge in [-0.05, 0) is 32.6 Å². The lowest BCUT2D eigenvalue weighted by Crippen LogP contribution is -2.29. The Morgan fingerprint density at radius 2 is 2.00 bits per heavy atom. The van der Waals surface area contributed by atoms with E-state index < -0.39 is 12.0 Å². The van der Waals surface area contributed by atoms with Crippen LogP contribution in [-0.2, 0) is 0 Å². The average molecular weight is 293 g/mol. The number of aliphatic hydroxyl groups excluding tert-OH is 1. The molecule has 0 amide bonds. The molecule has 108 valence electrons. The monoisotopic (exact) mass is 292 g/mol. The zero-order valence-corrected chi connectivity index (χ0v) is 11.9. The summed E-state index contributed by atoms with van der Waals surface area (Å²) in [5, 5.41) is 15.0. The molecule has 1 aliphatic rings. The summed E-state index contributed by atoms with van der Waals surface area (Å²) < 4.78 is 28.0. The molecule has 1 fully saturated rings. The molecule has 3 nitrogen and oxygen atoms in total. The summed E-state index contributed by atoms with van der Waals surface area (Å²) in [6, 6.07) is 0.0715. The maximum absolute atomic E-state index is 13.1. The van der Waals surface area contributed by atoms with Gasteiger partial charge in [0.15, 0.2) is 0 Å². The third kappa shape index (κ3) is 3.08. The Labute approximate surface area is 116 Å². The number of halogens is 3. The van der Waals surface area contributed by atoms with Crippen molar-refractivity contribution in [1.29, 1.82) is 0 Å². The summed E-state index contributed by atoms with van der Waals surface area (Å²) in [6.07, 6.45) is 0.970. The lowest BCUT2D eigenvalue weighted by molar-refractivity contribution is -0.0637. The largest absolute Gasteiger partial charge is 0.386 e. The summed E-state index contributed by atoms with van der Waals surface area (Å²) in [7, 11) is 0. The van der Waals surface area contributed by atoms with Crippen LogP contribution in [0, 0.1) is 5.92 Å². The van der Waals surface area contributed by atoms with Crippen molar-refractivity contribution in [3.05, 3.63) is 16.9 Å². The molecule has 1 aliphatic carbocycles. The van der Waals surface area contributed by atoms with Gasteiger partial charge in [-0.1, -0.05) is 11.6 Å². The van der Waals surface area contributed by atoms with Crippen molar-refractivity contribution >= 4 is 11.6 Å². The molecule has 1 saturated carbocycles. The van der Waals surface area contributed by atoms with E-state index >= 15 is 0 Å². The van der Waals surface area contributed by atoms with Crippen molar-refractivity contribution in [3.8, 4) is 0 Å². The normalized spacial score (nSPS) is 21.8. The van der Waals surface area contributed by atoms with E-state index in [1.807, 2.05) is 13.8 Å². The summed E-state index contributed by atoms with van der Waals surface area (Å²) in [4.78, 5) is 0. The molecule has 0 aromatic carbocycles. The van der Waals surface area contributed by atoms with Crippen LogP contribution in [0.25, 0.3) is 0 Å². The van der Waals surface area contributed by atoms with Crippen molar-refractivity contribution in [2.24, 2.45) is 5.92 Å². The molecule has 6 heteroatoms. The first kappa shape index (κ1) is 14.7. The van der Waals surface area contributed by atoms with Crippen molar-refractivity contribution in [1.82, 2.24) is 9.78 Å². The molecule has 1 aromatic heterocycles. The molecular formula is C13H19ClF2N2O. The van der Waals surface area contributed by atoms with Gasteiger partial charge in [0.2, 0.25) is 5.92 Å². The van der Waals surface area contributed by atoms with E-state index in [9.17, 15) is 13.9 Å². The van der Waals surface area contributed by atoms with Gasteiger partial charge in [0.05, 0.1) is 23.0 Å². The Morgan fingerprint density at radius 1 is 1.42 bits per heavy atom. The van der Waals surface area contributed by atoms with Crippen molar-refractivity contribution < 1.29 is 13.9 Å². The van der Waals surface area contributed by atoms with E-state index in [-0.39, 0.29) is 24.8 Å². The number of alkyl halides is 2. The highest BCUT2D eigenvalue weighted by atomic mass is 35.5. The fraction of sp³-hybridized carbons (Fsp3) is 0.769. The quantitative estimate of drug-likeness (QED) is 0.915. The molecule has 1 atom stereocenters. The zero-order chi connectivity index (χ0) is 14.2. The van der Waals surface area contributed by atoms with Gasteiger partial charge in [0, 0.05) is 18.9 Å². The van der Waals surface area contributed by atoms with Crippen molar-refractivity contribution in [2.75, 3.05) is 0 Å². The van der Waals surface area contributed by atoms with Crippen LogP contribution >= 0.6 is 11.6 Å². The fourth-order valence-electron chi connectivity index (χ4n) is 2.64. The Morgan fingerprint density at radius 3 is 2.53 bits per heavy atom. The van der Waals surface area contributed by atoms with E-state index in [1.54, 1.807) is 4.68 Å². The third-order valence-electron chi connectivity index (χ3n) is 3.76. The average Bonchev–Trinajstić information content (AvgIpc) is 2.70. The van der Waals surface area contributed by atoms with Gasteiger partial charge in [-0.25, -0.2) is 8.78 Å². The maximum Gasteiger partial charge on any atom is 0.248 e. The molecule has 0 spiro atoms. The van der Waals surface area contributed by atoms with E-state index in [0.717, 1.165) is 0 Å². The first-order chi connectivity index (χ1) is 8.82. The topological polar surface area (TPSA) is 38.0 Å². The Hall–Kier alpha value is -0.680. The second kappa shape index (κ2) is 5.37. The number of nitrogens with zero attached hydrogens (tertiary/aromatic N) is 2. The number of hydrogen-bond acceptors (Lipinski definition) is 2. The maximum atomic E-state index is 13.1. The predicted octanol–water partition coefficient (Wildman–Crippen LogP) is 3.98.